The number of rotatable bonds is 3. The average Bonchev–Trinajstić information content (AvgIpc) is 2.97. The lowest BCUT2D eigenvalue weighted by Crippen LogP contribution is -2.38. The number of anilines is 1. The molecule has 3 aliphatic heterocycles. The molecule has 2 fully saturated rings. The Balaban J connectivity index is 1.51. The average molecular weight is 313 g/mol. The SMILES string of the molecule is CCN1CCCc2cccc(CN3CCC4(CCNCC4)C3)c21. The molecule has 0 atom stereocenters. The number of para-hydroxylation sites is 1. The molecule has 1 spiro atoms. The number of likely N-dealkylation sites (tertiary alicyclic amines) is 1. The third kappa shape index (κ3) is 3.01. The van der Waals surface area contributed by atoms with Crippen LogP contribution in [0.15, 0.2) is 18.2 Å². The van der Waals surface area contributed by atoms with Crippen LogP contribution in [-0.4, -0.2) is 44.2 Å². The Morgan fingerprint density at radius 3 is 2.83 bits per heavy atom. The van der Waals surface area contributed by atoms with Crippen molar-refractivity contribution in [1.82, 2.24) is 10.2 Å². The number of nitrogens with one attached hydrogen (secondary N) is 1. The topological polar surface area (TPSA) is 18.5 Å². The highest BCUT2D eigenvalue weighted by Crippen LogP contribution is 2.40. The minimum absolute atomic E-state index is 0.616. The largest absolute Gasteiger partial charge is 0.371 e. The number of benzene rings is 1. The van der Waals surface area contributed by atoms with Crippen molar-refractivity contribution in [1.29, 1.82) is 0 Å². The second-order valence-electron chi connectivity index (χ2n) is 7.82. The van der Waals surface area contributed by atoms with Crippen molar-refractivity contribution in [3.05, 3.63) is 29.3 Å². The molecule has 23 heavy (non-hydrogen) atoms. The first-order chi connectivity index (χ1) is 11.3. The van der Waals surface area contributed by atoms with Gasteiger partial charge in [0.1, 0.15) is 0 Å². The van der Waals surface area contributed by atoms with Gasteiger partial charge in [0.25, 0.3) is 0 Å². The summed E-state index contributed by atoms with van der Waals surface area (Å²) in [5.74, 6) is 0. The van der Waals surface area contributed by atoms with E-state index >= 15 is 0 Å². The van der Waals surface area contributed by atoms with Crippen molar-refractivity contribution in [3.63, 3.8) is 0 Å². The highest BCUT2D eigenvalue weighted by Gasteiger charge is 2.38. The Labute approximate surface area is 141 Å². The summed E-state index contributed by atoms with van der Waals surface area (Å²) in [7, 11) is 0. The van der Waals surface area contributed by atoms with Crippen molar-refractivity contribution < 1.29 is 0 Å². The maximum absolute atomic E-state index is 3.53. The zero-order valence-electron chi connectivity index (χ0n) is 14.6. The van der Waals surface area contributed by atoms with Crippen molar-refractivity contribution in [2.24, 2.45) is 5.41 Å². The van der Waals surface area contributed by atoms with Crippen LogP contribution in [0.4, 0.5) is 5.69 Å². The molecule has 0 bridgehead atoms. The lowest BCUT2D eigenvalue weighted by Gasteiger charge is -2.35. The summed E-state index contributed by atoms with van der Waals surface area (Å²) in [6, 6.07) is 7.00. The van der Waals surface area contributed by atoms with E-state index in [0.717, 1.165) is 13.1 Å². The van der Waals surface area contributed by atoms with Gasteiger partial charge in [-0.05, 0) is 75.2 Å². The quantitative estimate of drug-likeness (QED) is 0.925. The second kappa shape index (κ2) is 6.45. The van der Waals surface area contributed by atoms with Crippen molar-refractivity contribution in [2.75, 3.05) is 44.2 Å². The lowest BCUT2D eigenvalue weighted by atomic mass is 9.78. The second-order valence-corrected chi connectivity index (χ2v) is 7.82. The molecular formula is C20H31N3. The molecule has 1 aromatic rings. The molecule has 3 nitrogen and oxygen atoms in total. The van der Waals surface area contributed by atoms with E-state index in [2.05, 4.69) is 40.2 Å². The van der Waals surface area contributed by atoms with Crippen LogP contribution in [0.25, 0.3) is 0 Å². The number of nitrogens with zero attached hydrogens (tertiary/aromatic N) is 2. The fourth-order valence-corrected chi connectivity index (χ4v) is 5.04. The zero-order valence-corrected chi connectivity index (χ0v) is 14.6. The van der Waals surface area contributed by atoms with Gasteiger partial charge >= 0.3 is 0 Å². The van der Waals surface area contributed by atoms with Crippen molar-refractivity contribution in [2.45, 2.75) is 45.6 Å². The maximum Gasteiger partial charge on any atom is 0.0444 e. The first kappa shape index (κ1) is 15.5. The summed E-state index contributed by atoms with van der Waals surface area (Å²) >= 11 is 0. The summed E-state index contributed by atoms with van der Waals surface area (Å²) < 4.78 is 0. The molecule has 0 aromatic heterocycles. The van der Waals surface area contributed by atoms with Gasteiger partial charge in [0, 0.05) is 31.9 Å². The van der Waals surface area contributed by atoms with E-state index in [1.165, 1.54) is 64.8 Å². The number of hydrogen-bond acceptors (Lipinski definition) is 3. The molecule has 1 N–H and O–H groups in total. The number of fused-ring (bicyclic) bond motifs is 1. The van der Waals surface area contributed by atoms with E-state index in [1.807, 2.05) is 0 Å². The third-order valence-corrected chi connectivity index (χ3v) is 6.35. The standard InChI is InChI=1S/C20H31N3/c1-2-23-13-4-7-17-5-3-6-18(19(17)23)15-22-14-10-20(16-22)8-11-21-12-9-20/h3,5-6,21H,2,4,7-16H2,1H3. The minimum Gasteiger partial charge on any atom is -0.371 e. The summed E-state index contributed by atoms with van der Waals surface area (Å²) in [4.78, 5) is 5.33. The number of aryl methyl sites for hydroxylation is 1. The minimum atomic E-state index is 0.616. The Morgan fingerprint density at radius 1 is 1.13 bits per heavy atom. The molecule has 2 saturated heterocycles. The normalized spacial score (nSPS) is 24.1. The van der Waals surface area contributed by atoms with Gasteiger partial charge in [-0.3, -0.25) is 4.90 Å². The van der Waals surface area contributed by atoms with Gasteiger partial charge in [-0.2, -0.15) is 0 Å². The maximum atomic E-state index is 3.53. The van der Waals surface area contributed by atoms with Crippen LogP contribution in [0.5, 0.6) is 0 Å². The van der Waals surface area contributed by atoms with Crippen molar-refractivity contribution >= 4 is 5.69 Å². The first-order valence-electron chi connectivity index (χ1n) is 9.58. The molecule has 1 aromatic carbocycles. The number of piperidine rings is 1. The van der Waals surface area contributed by atoms with Gasteiger partial charge in [0.05, 0.1) is 0 Å². The van der Waals surface area contributed by atoms with E-state index in [1.54, 1.807) is 16.8 Å². The molecule has 3 heteroatoms. The molecule has 3 heterocycles. The van der Waals surface area contributed by atoms with Crippen LogP contribution in [0, 0.1) is 5.41 Å². The predicted octanol–water partition coefficient (Wildman–Crippen LogP) is 3.03. The van der Waals surface area contributed by atoms with E-state index in [-0.39, 0.29) is 0 Å². The zero-order chi connectivity index (χ0) is 15.7. The van der Waals surface area contributed by atoms with Gasteiger partial charge in [0.2, 0.25) is 0 Å². The first-order valence-corrected chi connectivity index (χ1v) is 9.58. The monoisotopic (exact) mass is 313 g/mol. The smallest absolute Gasteiger partial charge is 0.0444 e. The van der Waals surface area contributed by atoms with Crippen LogP contribution < -0.4 is 10.2 Å². The predicted molar refractivity (Wildman–Crippen MR) is 97.1 cm³/mol. The summed E-state index contributed by atoms with van der Waals surface area (Å²) in [5.41, 5.74) is 5.32. The van der Waals surface area contributed by atoms with Crippen LogP contribution in [0.3, 0.4) is 0 Å². The Hall–Kier alpha value is -1.06. The highest BCUT2D eigenvalue weighted by molar-refractivity contribution is 5.61. The molecule has 0 unspecified atom stereocenters. The molecule has 0 saturated carbocycles. The number of hydrogen-bond donors (Lipinski definition) is 1. The van der Waals surface area contributed by atoms with E-state index in [9.17, 15) is 0 Å². The Bertz CT molecular complexity index is 548. The van der Waals surface area contributed by atoms with Crippen LogP contribution in [0.2, 0.25) is 0 Å². The highest BCUT2D eigenvalue weighted by atomic mass is 15.2. The molecule has 3 aliphatic rings. The molecule has 0 aliphatic carbocycles. The van der Waals surface area contributed by atoms with Crippen LogP contribution in [0.1, 0.15) is 43.7 Å². The molecule has 0 radical (unpaired) electrons. The van der Waals surface area contributed by atoms with E-state index < -0.39 is 0 Å². The summed E-state index contributed by atoms with van der Waals surface area (Å²) in [6.07, 6.45) is 6.72. The molecule has 126 valence electrons. The van der Waals surface area contributed by atoms with E-state index in [0.29, 0.717) is 5.41 Å². The summed E-state index contributed by atoms with van der Waals surface area (Å²) in [6.45, 7) is 10.9. The van der Waals surface area contributed by atoms with Crippen LogP contribution >= 0.6 is 0 Å². The lowest BCUT2D eigenvalue weighted by molar-refractivity contribution is 0.194. The Morgan fingerprint density at radius 2 is 2.00 bits per heavy atom. The van der Waals surface area contributed by atoms with Gasteiger partial charge in [0.15, 0.2) is 0 Å². The van der Waals surface area contributed by atoms with Gasteiger partial charge in [-0.1, -0.05) is 18.2 Å². The van der Waals surface area contributed by atoms with Crippen molar-refractivity contribution in [3.8, 4) is 0 Å². The molecular weight excluding hydrogens is 282 g/mol. The van der Waals surface area contributed by atoms with Gasteiger partial charge in [-0.15, -0.1) is 0 Å². The third-order valence-electron chi connectivity index (χ3n) is 6.35. The van der Waals surface area contributed by atoms with Gasteiger partial charge < -0.3 is 10.2 Å². The van der Waals surface area contributed by atoms with Crippen LogP contribution in [-0.2, 0) is 13.0 Å². The molecule has 4 rings (SSSR count). The van der Waals surface area contributed by atoms with Gasteiger partial charge in [-0.25, -0.2) is 0 Å². The summed E-state index contributed by atoms with van der Waals surface area (Å²) in [5, 5.41) is 3.53. The van der Waals surface area contributed by atoms with E-state index in [4.69, 9.17) is 0 Å². The fraction of sp³-hybridized carbons (Fsp3) is 0.700. The molecule has 0 amide bonds. The Kier molecular flexibility index (Phi) is 4.33. The fourth-order valence-electron chi connectivity index (χ4n) is 5.04.